The van der Waals surface area contributed by atoms with Crippen molar-refractivity contribution in [3.05, 3.63) is 23.5 Å². The molecule has 0 aromatic heterocycles. The molecule has 138 valence electrons. The van der Waals surface area contributed by atoms with E-state index in [4.69, 9.17) is 0 Å². The number of allylic oxidation sites excluding steroid dienone is 3. The maximum absolute atomic E-state index is 12.9. The molecule has 3 fully saturated rings. The zero-order valence-corrected chi connectivity index (χ0v) is 15.8. The molecule has 1 unspecified atom stereocenters. The first kappa shape index (κ1) is 17.3. The van der Waals surface area contributed by atoms with Gasteiger partial charge in [-0.1, -0.05) is 19.4 Å². The summed E-state index contributed by atoms with van der Waals surface area (Å²) in [7, 11) is 0. The maximum atomic E-state index is 12.9. The molecule has 0 aromatic rings. The highest BCUT2D eigenvalue weighted by Crippen LogP contribution is 2.66. The molecule has 0 amide bonds. The Kier molecular flexibility index (Phi) is 3.95. The quantitative estimate of drug-likeness (QED) is 0.779. The van der Waals surface area contributed by atoms with Crippen LogP contribution in [-0.2, 0) is 4.79 Å². The summed E-state index contributed by atoms with van der Waals surface area (Å²) in [5.41, 5.74) is 1.06. The van der Waals surface area contributed by atoms with E-state index in [1.807, 2.05) is 6.08 Å². The van der Waals surface area contributed by atoms with Gasteiger partial charge in [-0.05, 0) is 86.5 Å². The molecule has 0 bridgehead atoms. The fraction of sp³-hybridized carbons (Fsp3) is 0.773. The van der Waals surface area contributed by atoms with E-state index in [9.17, 15) is 15.0 Å². The Bertz CT molecular complexity index is 648. The standard InChI is InChI=1S/C22H32O3/c1-13(12-23)17-6-7-18-16-5-4-14-10-15(24)11-20(25)22(14,3)19(16)8-9-21(17,18)2/h10-11,13,16-19,23-24H,4-9,12H2,1-3H3/t13?,16-,17+,18-,19-,21+,22-/m0/s1. The number of aliphatic hydroxyl groups is 2. The number of hydrogen-bond donors (Lipinski definition) is 2. The number of ketones is 1. The summed E-state index contributed by atoms with van der Waals surface area (Å²) in [6.07, 6.45) is 10.1. The Morgan fingerprint density at radius 1 is 1.16 bits per heavy atom. The minimum atomic E-state index is -0.406. The molecule has 0 saturated heterocycles. The van der Waals surface area contributed by atoms with E-state index in [1.165, 1.54) is 25.3 Å². The lowest BCUT2D eigenvalue weighted by Gasteiger charge is -2.57. The monoisotopic (exact) mass is 344 g/mol. The van der Waals surface area contributed by atoms with Crippen LogP contribution in [0.2, 0.25) is 0 Å². The molecule has 0 aliphatic heterocycles. The van der Waals surface area contributed by atoms with Crippen molar-refractivity contribution >= 4 is 5.78 Å². The summed E-state index contributed by atoms with van der Waals surface area (Å²) >= 11 is 0. The largest absolute Gasteiger partial charge is 0.508 e. The molecule has 3 saturated carbocycles. The third kappa shape index (κ3) is 2.24. The van der Waals surface area contributed by atoms with E-state index in [1.54, 1.807) is 0 Å². The average molecular weight is 344 g/mol. The zero-order valence-electron chi connectivity index (χ0n) is 15.8. The van der Waals surface area contributed by atoms with Crippen molar-refractivity contribution in [3.8, 4) is 0 Å². The van der Waals surface area contributed by atoms with Crippen molar-refractivity contribution in [2.24, 2.45) is 40.4 Å². The minimum absolute atomic E-state index is 0.110. The van der Waals surface area contributed by atoms with Gasteiger partial charge in [0.05, 0.1) is 5.41 Å². The van der Waals surface area contributed by atoms with Gasteiger partial charge in [0.2, 0.25) is 0 Å². The predicted molar refractivity (Wildman–Crippen MR) is 97.9 cm³/mol. The van der Waals surface area contributed by atoms with E-state index < -0.39 is 5.41 Å². The molecule has 25 heavy (non-hydrogen) atoms. The van der Waals surface area contributed by atoms with Crippen LogP contribution in [0.25, 0.3) is 0 Å². The van der Waals surface area contributed by atoms with Crippen molar-refractivity contribution in [1.82, 2.24) is 0 Å². The highest BCUT2D eigenvalue weighted by Gasteiger charge is 2.60. The van der Waals surface area contributed by atoms with Gasteiger partial charge in [-0.2, -0.15) is 0 Å². The molecule has 0 spiro atoms. The van der Waals surface area contributed by atoms with Crippen molar-refractivity contribution in [2.45, 2.75) is 59.3 Å². The van der Waals surface area contributed by atoms with Gasteiger partial charge in [0.1, 0.15) is 5.76 Å². The molecule has 0 aromatic carbocycles. The topological polar surface area (TPSA) is 57.5 Å². The SMILES string of the molecule is CC(CO)[C@H]1CC[C@H]2[C@@H]3CCC4=CC(O)=CC(=O)[C@]4(C)[C@H]3CC[C@]12C. The molecule has 4 rings (SSSR count). The Morgan fingerprint density at radius 2 is 1.92 bits per heavy atom. The normalized spacial score (nSPS) is 47.3. The third-order valence-electron chi connectivity index (χ3n) is 8.75. The first-order chi connectivity index (χ1) is 11.8. The maximum Gasteiger partial charge on any atom is 0.169 e. The van der Waals surface area contributed by atoms with Crippen molar-refractivity contribution in [1.29, 1.82) is 0 Å². The number of carbonyl (C=O) groups excluding carboxylic acids is 1. The van der Waals surface area contributed by atoms with Crippen LogP contribution < -0.4 is 0 Å². The second-order valence-electron chi connectivity index (χ2n) is 9.61. The van der Waals surface area contributed by atoms with Crippen LogP contribution in [0.3, 0.4) is 0 Å². The molecule has 4 aliphatic carbocycles. The lowest BCUT2D eigenvalue weighted by atomic mass is 9.46. The van der Waals surface area contributed by atoms with Crippen molar-refractivity contribution < 1.29 is 15.0 Å². The third-order valence-corrected chi connectivity index (χ3v) is 8.75. The summed E-state index contributed by atoms with van der Waals surface area (Å²) in [6, 6.07) is 0. The second kappa shape index (κ2) is 5.70. The van der Waals surface area contributed by atoms with Crippen molar-refractivity contribution in [3.63, 3.8) is 0 Å². The number of hydrogen-bond acceptors (Lipinski definition) is 3. The minimum Gasteiger partial charge on any atom is -0.508 e. The lowest BCUT2D eigenvalue weighted by Crippen LogP contribution is -2.53. The molecule has 3 heteroatoms. The van der Waals surface area contributed by atoms with Gasteiger partial charge in [0.25, 0.3) is 0 Å². The van der Waals surface area contributed by atoms with Crippen LogP contribution in [0.5, 0.6) is 0 Å². The Morgan fingerprint density at radius 3 is 2.64 bits per heavy atom. The fourth-order valence-electron chi connectivity index (χ4n) is 7.40. The van der Waals surface area contributed by atoms with Gasteiger partial charge in [-0.3, -0.25) is 4.79 Å². The summed E-state index contributed by atoms with van der Waals surface area (Å²) in [5.74, 6) is 2.92. The fourth-order valence-corrected chi connectivity index (χ4v) is 7.40. The highest BCUT2D eigenvalue weighted by molar-refractivity contribution is 5.99. The highest BCUT2D eigenvalue weighted by atomic mass is 16.3. The summed E-state index contributed by atoms with van der Waals surface area (Å²) in [5, 5.41) is 19.6. The molecular weight excluding hydrogens is 312 g/mol. The lowest BCUT2D eigenvalue weighted by molar-refractivity contribution is -0.132. The molecule has 7 atom stereocenters. The number of carbonyl (C=O) groups is 1. The number of aliphatic hydroxyl groups excluding tert-OH is 2. The van der Waals surface area contributed by atoms with Gasteiger partial charge in [-0.15, -0.1) is 0 Å². The van der Waals surface area contributed by atoms with Gasteiger partial charge in [-0.25, -0.2) is 0 Å². The number of rotatable bonds is 2. The van der Waals surface area contributed by atoms with E-state index in [0.717, 1.165) is 24.8 Å². The van der Waals surface area contributed by atoms with E-state index in [2.05, 4.69) is 20.8 Å². The van der Waals surface area contributed by atoms with Crippen molar-refractivity contribution in [2.75, 3.05) is 6.61 Å². The molecular formula is C22H32O3. The summed E-state index contributed by atoms with van der Waals surface area (Å²) in [4.78, 5) is 12.9. The Labute approximate surface area is 151 Å². The van der Waals surface area contributed by atoms with Crippen LogP contribution in [0.15, 0.2) is 23.5 Å². The predicted octanol–water partition coefficient (Wildman–Crippen LogP) is 4.42. The van der Waals surface area contributed by atoms with Crippen LogP contribution in [0.1, 0.15) is 59.3 Å². The van der Waals surface area contributed by atoms with Crippen LogP contribution >= 0.6 is 0 Å². The van der Waals surface area contributed by atoms with E-state index in [-0.39, 0.29) is 18.1 Å². The zero-order chi connectivity index (χ0) is 18.0. The van der Waals surface area contributed by atoms with Crippen LogP contribution in [0, 0.1) is 40.4 Å². The molecule has 0 radical (unpaired) electrons. The van der Waals surface area contributed by atoms with Crippen LogP contribution in [-0.4, -0.2) is 22.6 Å². The molecule has 4 aliphatic rings. The van der Waals surface area contributed by atoms with Crippen LogP contribution in [0.4, 0.5) is 0 Å². The first-order valence-corrected chi connectivity index (χ1v) is 10.1. The summed E-state index contributed by atoms with van der Waals surface area (Å²) in [6.45, 7) is 7.08. The van der Waals surface area contributed by atoms with E-state index in [0.29, 0.717) is 35.0 Å². The molecule has 3 nitrogen and oxygen atoms in total. The van der Waals surface area contributed by atoms with Gasteiger partial charge in [0, 0.05) is 12.7 Å². The number of fused-ring (bicyclic) bond motifs is 5. The Balaban J connectivity index is 1.67. The van der Waals surface area contributed by atoms with Gasteiger partial charge < -0.3 is 10.2 Å². The average Bonchev–Trinajstić information content (AvgIpc) is 2.93. The Hall–Kier alpha value is -1.09. The van der Waals surface area contributed by atoms with Gasteiger partial charge in [0.15, 0.2) is 5.78 Å². The molecule has 2 N–H and O–H groups in total. The first-order valence-electron chi connectivity index (χ1n) is 10.1. The van der Waals surface area contributed by atoms with E-state index >= 15 is 0 Å². The summed E-state index contributed by atoms with van der Waals surface area (Å²) < 4.78 is 0. The molecule has 0 heterocycles. The second-order valence-corrected chi connectivity index (χ2v) is 9.61. The smallest absolute Gasteiger partial charge is 0.169 e. The van der Waals surface area contributed by atoms with Gasteiger partial charge >= 0.3 is 0 Å².